The van der Waals surface area contributed by atoms with Crippen molar-refractivity contribution in [1.29, 1.82) is 0 Å². The van der Waals surface area contributed by atoms with E-state index >= 15 is 0 Å². The summed E-state index contributed by atoms with van der Waals surface area (Å²) in [4.78, 5) is 2.15. The maximum Gasteiger partial charge on any atom is 0.0439 e. The average molecular weight is 261 g/mol. The van der Waals surface area contributed by atoms with Crippen molar-refractivity contribution in [3.63, 3.8) is 0 Å². The minimum absolute atomic E-state index is 0.743. The molecule has 0 fully saturated rings. The fourth-order valence-electron chi connectivity index (χ4n) is 1.39. The van der Waals surface area contributed by atoms with Crippen molar-refractivity contribution in [3.05, 3.63) is 33.8 Å². The largest absolute Gasteiger partial charge is 0.315 e. The molecule has 0 aliphatic heterocycles. The standard InChI is InChI=1S/C12H18Cl2N2/c1-16(2)8-7-15-6-5-10-9-11(13)3-4-12(10)14/h3-4,9,15H,5-8H2,1-2H3. The first-order valence-electron chi connectivity index (χ1n) is 5.39. The summed E-state index contributed by atoms with van der Waals surface area (Å²) in [5, 5.41) is 4.90. The SMILES string of the molecule is CN(C)CCNCCc1cc(Cl)ccc1Cl. The number of hydrogen-bond donors (Lipinski definition) is 1. The Kier molecular flexibility index (Phi) is 6.14. The summed E-state index contributed by atoms with van der Waals surface area (Å²) in [6.07, 6.45) is 0.910. The van der Waals surface area contributed by atoms with Gasteiger partial charge in [-0.2, -0.15) is 0 Å². The van der Waals surface area contributed by atoms with Gasteiger partial charge in [-0.1, -0.05) is 23.2 Å². The molecular formula is C12H18Cl2N2. The number of rotatable bonds is 6. The topological polar surface area (TPSA) is 15.3 Å². The minimum atomic E-state index is 0.743. The third kappa shape index (κ3) is 5.17. The third-order valence-electron chi connectivity index (χ3n) is 2.31. The fraction of sp³-hybridized carbons (Fsp3) is 0.500. The summed E-state index contributed by atoms with van der Waals surface area (Å²) in [5.41, 5.74) is 1.10. The molecule has 4 heteroatoms. The molecule has 1 aromatic rings. The summed E-state index contributed by atoms with van der Waals surface area (Å²) in [6, 6.07) is 5.59. The molecule has 0 radical (unpaired) electrons. The Bertz CT molecular complexity index is 327. The van der Waals surface area contributed by atoms with E-state index in [2.05, 4.69) is 24.3 Å². The zero-order chi connectivity index (χ0) is 12.0. The summed E-state index contributed by atoms with van der Waals surface area (Å²) >= 11 is 12.0. The first-order valence-corrected chi connectivity index (χ1v) is 6.14. The Morgan fingerprint density at radius 3 is 2.62 bits per heavy atom. The molecule has 0 bridgehead atoms. The normalized spacial score (nSPS) is 11.1. The highest BCUT2D eigenvalue weighted by Crippen LogP contribution is 2.20. The third-order valence-corrected chi connectivity index (χ3v) is 2.92. The van der Waals surface area contributed by atoms with E-state index in [0.29, 0.717) is 0 Å². The average Bonchev–Trinajstić information content (AvgIpc) is 2.22. The van der Waals surface area contributed by atoms with E-state index in [9.17, 15) is 0 Å². The molecule has 0 saturated heterocycles. The maximum absolute atomic E-state index is 6.06. The lowest BCUT2D eigenvalue weighted by Gasteiger charge is -2.10. The quantitative estimate of drug-likeness (QED) is 0.792. The second kappa shape index (κ2) is 7.13. The van der Waals surface area contributed by atoms with E-state index in [1.165, 1.54) is 0 Å². The minimum Gasteiger partial charge on any atom is -0.315 e. The molecule has 1 rings (SSSR count). The Morgan fingerprint density at radius 2 is 1.94 bits per heavy atom. The molecule has 0 unspecified atom stereocenters. The first-order chi connectivity index (χ1) is 7.59. The van der Waals surface area contributed by atoms with Gasteiger partial charge in [0.2, 0.25) is 0 Å². The van der Waals surface area contributed by atoms with E-state index in [1.54, 1.807) is 0 Å². The number of likely N-dealkylation sites (N-methyl/N-ethyl adjacent to an activating group) is 1. The van der Waals surface area contributed by atoms with Crippen molar-refractivity contribution in [2.24, 2.45) is 0 Å². The van der Waals surface area contributed by atoms with Crippen molar-refractivity contribution >= 4 is 23.2 Å². The molecule has 16 heavy (non-hydrogen) atoms. The van der Waals surface area contributed by atoms with Crippen LogP contribution >= 0.6 is 23.2 Å². The van der Waals surface area contributed by atoms with Gasteiger partial charge < -0.3 is 10.2 Å². The summed E-state index contributed by atoms with van der Waals surface area (Å²) in [5.74, 6) is 0. The fourth-order valence-corrected chi connectivity index (χ4v) is 1.79. The number of nitrogens with one attached hydrogen (secondary N) is 1. The summed E-state index contributed by atoms with van der Waals surface area (Å²) in [6.45, 7) is 2.96. The van der Waals surface area contributed by atoms with Crippen LogP contribution in [0.2, 0.25) is 10.0 Å². The molecule has 0 amide bonds. The van der Waals surface area contributed by atoms with Crippen LogP contribution in [-0.4, -0.2) is 38.6 Å². The Morgan fingerprint density at radius 1 is 1.19 bits per heavy atom. The van der Waals surface area contributed by atoms with Crippen LogP contribution in [0.4, 0.5) is 0 Å². The predicted molar refractivity (Wildman–Crippen MR) is 71.6 cm³/mol. The molecule has 90 valence electrons. The molecular weight excluding hydrogens is 243 g/mol. The molecule has 0 atom stereocenters. The zero-order valence-electron chi connectivity index (χ0n) is 9.76. The molecule has 0 saturated carbocycles. The maximum atomic E-state index is 6.06. The monoisotopic (exact) mass is 260 g/mol. The summed E-state index contributed by atoms with van der Waals surface area (Å²) < 4.78 is 0. The van der Waals surface area contributed by atoms with Gasteiger partial charge in [0, 0.05) is 23.1 Å². The van der Waals surface area contributed by atoms with Crippen LogP contribution < -0.4 is 5.32 Å². The molecule has 0 aliphatic carbocycles. The number of nitrogens with zero attached hydrogens (tertiary/aromatic N) is 1. The van der Waals surface area contributed by atoms with Gasteiger partial charge in [-0.3, -0.25) is 0 Å². The van der Waals surface area contributed by atoms with Crippen LogP contribution in [0.15, 0.2) is 18.2 Å². The van der Waals surface area contributed by atoms with Crippen molar-refractivity contribution in [2.75, 3.05) is 33.7 Å². The van der Waals surface area contributed by atoms with Crippen LogP contribution in [0.5, 0.6) is 0 Å². The number of benzene rings is 1. The van der Waals surface area contributed by atoms with Crippen molar-refractivity contribution in [2.45, 2.75) is 6.42 Å². The smallest absolute Gasteiger partial charge is 0.0439 e. The molecule has 0 aliphatic rings. The molecule has 1 N–H and O–H groups in total. The van der Waals surface area contributed by atoms with Gasteiger partial charge in [0.1, 0.15) is 0 Å². The lowest BCUT2D eigenvalue weighted by atomic mass is 10.1. The second-order valence-corrected chi connectivity index (χ2v) is 4.88. The van der Waals surface area contributed by atoms with Crippen molar-refractivity contribution in [3.8, 4) is 0 Å². The molecule has 2 nitrogen and oxygen atoms in total. The lowest BCUT2D eigenvalue weighted by Crippen LogP contribution is -2.27. The molecule has 1 aromatic carbocycles. The highest BCUT2D eigenvalue weighted by molar-refractivity contribution is 6.33. The van der Waals surface area contributed by atoms with Crippen LogP contribution in [0.3, 0.4) is 0 Å². The molecule has 0 heterocycles. The zero-order valence-corrected chi connectivity index (χ0v) is 11.3. The van der Waals surface area contributed by atoms with Crippen LogP contribution in [0.1, 0.15) is 5.56 Å². The van der Waals surface area contributed by atoms with E-state index in [4.69, 9.17) is 23.2 Å². The van der Waals surface area contributed by atoms with Gasteiger partial charge in [0.05, 0.1) is 0 Å². The van der Waals surface area contributed by atoms with Crippen LogP contribution in [0, 0.1) is 0 Å². The van der Waals surface area contributed by atoms with E-state index in [0.717, 1.165) is 41.7 Å². The van der Waals surface area contributed by atoms with E-state index in [-0.39, 0.29) is 0 Å². The van der Waals surface area contributed by atoms with Crippen LogP contribution in [-0.2, 0) is 6.42 Å². The van der Waals surface area contributed by atoms with Gasteiger partial charge in [-0.05, 0) is 50.8 Å². The predicted octanol–water partition coefficient (Wildman–Crippen LogP) is 2.69. The Hall–Kier alpha value is -0.280. The van der Waals surface area contributed by atoms with E-state index in [1.807, 2.05) is 18.2 Å². The lowest BCUT2D eigenvalue weighted by molar-refractivity contribution is 0.401. The van der Waals surface area contributed by atoms with Crippen molar-refractivity contribution < 1.29 is 0 Å². The number of hydrogen-bond acceptors (Lipinski definition) is 2. The van der Waals surface area contributed by atoms with Gasteiger partial charge in [0.25, 0.3) is 0 Å². The van der Waals surface area contributed by atoms with Gasteiger partial charge >= 0.3 is 0 Å². The highest BCUT2D eigenvalue weighted by atomic mass is 35.5. The highest BCUT2D eigenvalue weighted by Gasteiger charge is 2.00. The van der Waals surface area contributed by atoms with Gasteiger partial charge in [-0.15, -0.1) is 0 Å². The Balaban J connectivity index is 2.29. The number of halogens is 2. The van der Waals surface area contributed by atoms with Gasteiger partial charge in [-0.25, -0.2) is 0 Å². The van der Waals surface area contributed by atoms with E-state index < -0.39 is 0 Å². The molecule has 0 spiro atoms. The Labute approximate surface area is 108 Å². The summed E-state index contributed by atoms with van der Waals surface area (Å²) in [7, 11) is 4.13. The molecule has 0 aromatic heterocycles. The van der Waals surface area contributed by atoms with Gasteiger partial charge in [0.15, 0.2) is 0 Å². The van der Waals surface area contributed by atoms with Crippen molar-refractivity contribution in [1.82, 2.24) is 10.2 Å². The van der Waals surface area contributed by atoms with Crippen LogP contribution in [0.25, 0.3) is 0 Å². The second-order valence-electron chi connectivity index (χ2n) is 4.04. The first kappa shape index (κ1) is 13.8.